The molecule has 0 heterocycles. The quantitative estimate of drug-likeness (QED) is 0.0319. The van der Waals surface area contributed by atoms with E-state index in [0.29, 0.717) is 23.9 Å². The number of amides is 1. The van der Waals surface area contributed by atoms with Crippen LogP contribution in [0.3, 0.4) is 0 Å². The SMILES string of the molecule is CCCCCCCCCCCCCCCCCCCCCCCCCCCCCCCCC(=O)NC(COP(=O)(O)OCC[N+](C)(C)C)C(O)CCCCCCCCCCCCCCCCCC. The normalized spacial score (nSPS) is 13.8. The lowest BCUT2D eigenvalue weighted by atomic mass is 10.0. The molecule has 0 bridgehead atoms. The number of carbonyl (C=O) groups excluding carboxylic acids is 1. The number of hydrogen-bond donors (Lipinski definition) is 3. The first-order valence-corrected chi connectivity index (χ1v) is 31.9. The lowest BCUT2D eigenvalue weighted by Crippen LogP contribution is -2.46. The number of nitrogens with zero attached hydrogens (tertiary/aromatic N) is 1. The average Bonchev–Trinajstić information content (AvgIpc) is 3.30. The molecule has 68 heavy (non-hydrogen) atoms. The van der Waals surface area contributed by atoms with Gasteiger partial charge in [-0.3, -0.25) is 13.8 Å². The fraction of sp³-hybridized carbons (Fsp3) is 0.983. The smallest absolute Gasteiger partial charge is 0.391 e. The first-order chi connectivity index (χ1) is 33.0. The van der Waals surface area contributed by atoms with Gasteiger partial charge in [0.05, 0.1) is 39.9 Å². The van der Waals surface area contributed by atoms with Crippen molar-refractivity contribution in [2.24, 2.45) is 0 Å². The molecule has 0 rings (SSSR count). The van der Waals surface area contributed by atoms with Gasteiger partial charge in [0.1, 0.15) is 13.2 Å². The Morgan fingerprint density at radius 2 is 0.706 bits per heavy atom. The lowest BCUT2D eigenvalue weighted by Gasteiger charge is -2.26. The number of phosphoric acid groups is 1. The third-order valence-corrected chi connectivity index (χ3v) is 15.3. The molecule has 0 aliphatic heterocycles. The maximum atomic E-state index is 13.0. The van der Waals surface area contributed by atoms with Gasteiger partial charge in [0.15, 0.2) is 0 Å². The van der Waals surface area contributed by atoms with E-state index in [4.69, 9.17) is 9.05 Å². The van der Waals surface area contributed by atoms with Gasteiger partial charge in [-0.15, -0.1) is 0 Å². The number of aliphatic hydroxyl groups excluding tert-OH is 1. The number of nitrogens with one attached hydrogen (secondary N) is 1. The zero-order valence-corrected chi connectivity index (χ0v) is 47.5. The maximum Gasteiger partial charge on any atom is 0.472 e. The third kappa shape index (κ3) is 53.3. The zero-order chi connectivity index (χ0) is 49.9. The van der Waals surface area contributed by atoms with Crippen LogP contribution < -0.4 is 5.32 Å². The molecule has 0 aliphatic carbocycles. The summed E-state index contributed by atoms with van der Waals surface area (Å²) in [7, 11) is 1.64. The number of hydrogen-bond acceptors (Lipinski definition) is 5. The predicted molar refractivity (Wildman–Crippen MR) is 296 cm³/mol. The summed E-state index contributed by atoms with van der Waals surface area (Å²) in [4.78, 5) is 23.3. The minimum Gasteiger partial charge on any atom is -0.391 e. The minimum atomic E-state index is -4.32. The number of quaternary nitrogens is 1. The van der Waals surface area contributed by atoms with Gasteiger partial charge in [-0.2, -0.15) is 0 Å². The summed E-state index contributed by atoms with van der Waals surface area (Å²) in [6.07, 6.45) is 61.8. The molecule has 0 radical (unpaired) electrons. The van der Waals surface area contributed by atoms with E-state index >= 15 is 0 Å². The molecule has 408 valence electrons. The van der Waals surface area contributed by atoms with Crippen molar-refractivity contribution in [1.29, 1.82) is 0 Å². The second-order valence-corrected chi connectivity index (χ2v) is 23.9. The minimum absolute atomic E-state index is 0.0791. The van der Waals surface area contributed by atoms with Crippen molar-refractivity contribution in [2.45, 2.75) is 334 Å². The number of phosphoric ester groups is 1. The van der Waals surface area contributed by atoms with Crippen LogP contribution in [-0.2, 0) is 18.4 Å². The van der Waals surface area contributed by atoms with Gasteiger partial charge in [0.2, 0.25) is 5.91 Å². The van der Waals surface area contributed by atoms with Crippen molar-refractivity contribution < 1.29 is 32.9 Å². The fourth-order valence-corrected chi connectivity index (χ4v) is 10.3. The molecular weight excluding hydrogens is 864 g/mol. The van der Waals surface area contributed by atoms with Crippen LogP contribution in [0.4, 0.5) is 0 Å². The maximum absolute atomic E-state index is 13.0. The van der Waals surface area contributed by atoms with Crippen LogP contribution in [0.15, 0.2) is 0 Å². The Morgan fingerprint density at radius 3 is 0.985 bits per heavy atom. The Morgan fingerprint density at radius 1 is 0.441 bits per heavy atom. The van der Waals surface area contributed by atoms with Crippen LogP contribution in [-0.4, -0.2) is 73.4 Å². The molecule has 3 unspecified atom stereocenters. The van der Waals surface area contributed by atoms with Crippen LogP contribution in [0.1, 0.15) is 322 Å². The molecule has 0 spiro atoms. The number of unbranched alkanes of at least 4 members (excludes halogenated alkanes) is 44. The third-order valence-electron chi connectivity index (χ3n) is 14.4. The molecule has 0 saturated heterocycles. The standard InChI is InChI=1S/C59H121N2O6P/c1-6-8-10-12-14-16-18-20-22-24-25-26-27-28-29-30-31-32-33-34-35-36-37-39-41-43-45-47-49-51-53-59(63)60-57(56-67-68(64,65)66-55-54-61(3,4)5)58(62)52-50-48-46-44-42-40-38-23-21-19-17-15-13-11-9-7-2/h57-58,62H,6-56H2,1-5H3,(H-,60,63,64,65)/p+1. The topological polar surface area (TPSA) is 105 Å². The molecule has 0 aromatic heterocycles. The Bertz CT molecular complexity index is 1070. The van der Waals surface area contributed by atoms with Gasteiger partial charge >= 0.3 is 7.82 Å². The van der Waals surface area contributed by atoms with Gasteiger partial charge in [0, 0.05) is 6.42 Å². The molecule has 9 heteroatoms. The fourth-order valence-electron chi connectivity index (χ4n) is 9.58. The lowest BCUT2D eigenvalue weighted by molar-refractivity contribution is -0.870. The highest BCUT2D eigenvalue weighted by molar-refractivity contribution is 7.47. The largest absolute Gasteiger partial charge is 0.472 e. The molecule has 3 atom stereocenters. The highest BCUT2D eigenvalue weighted by atomic mass is 31.2. The van der Waals surface area contributed by atoms with E-state index in [1.807, 2.05) is 21.1 Å². The van der Waals surface area contributed by atoms with Crippen molar-refractivity contribution >= 4 is 13.7 Å². The van der Waals surface area contributed by atoms with E-state index < -0.39 is 20.0 Å². The highest BCUT2D eigenvalue weighted by Crippen LogP contribution is 2.43. The first kappa shape index (κ1) is 67.5. The van der Waals surface area contributed by atoms with Gasteiger partial charge in [-0.1, -0.05) is 303 Å². The Kier molecular flexibility index (Phi) is 51.0. The predicted octanol–water partition coefficient (Wildman–Crippen LogP) is 18.4. The summed E-state index contributed by atoms with van der Waals surface area (Å²) in [6, 6.07) is -0.755. The summed E-state index contributed by atoms with van der Waals surface area (Å²) in [5.74, 6) is -0.136. The molecule has 0 aromatic carbocycles. The van der Waals surface area contributed by atoms with Gasteiger partial charge in [-0.25, -0.2) is 4.57 Å². The van der Waals surface area contributed by atoms with Crippen LogP contribution in [0.2, 0.25) is 0 Å². The number of aliphatic hydroxyl groups is 1. The summed E-state index contributed by atoms with van der Waals surface area (Å²) in [5, 5.41) is 14.1. The van der Waals surface area contributed by atoms with Gasteiger partial charge in [0.25, 0.3) is 0 Å². The van der Waals surface area contributed by atoms with Crippen molar-refractivity contribution in [2.75, 3.05) is 40.9 Å². The number of likely N-dealkylation sites (N-methyl/N-ethyl adjacent to an activating group) is 1. The molecule has 8 nitrogen and oxygen atoms in total. The Labute approximate surface area is 425 Å². The van der Waals surface area contributed by atoms with Crippen LogP contribution >= 0.6 is 7.82 Å². The van der Waals surface area contributed by atoms with E-state index in [0.717, 1.165) is 38.5 Å². The Hall–Kier alpha value is -0.500. The van der Waals surface area contributed by atoms with E-state index in [1.165, 1.54) is 257 Å². The van der Waals surface area contributed by atoms with Gasteiger partial charge in [-0.05, 0) is 12.8 Å². The monoisotopic (exact) mass is 986 g/mol. The van der Waals surface area contributed by atoms with E-state index in [9.17, 15) is 19.4 Å². The summed E-state index contributed by atoms with van der Waals surface area (Å²) < 4.78 is 23.8. The molecule has 3 N–H and O–H groups in total. The van der Waals surface area contributed by atoms with E-state index in [2.05, 4.69) is 19.2 Å². The van der Waals surface area contributed by atoms with Crippen LogP contribution in [0.5, 0.6) is 0 Å². The van der Waals surface area contributed by atoms with Crippen molar-refractivity contribution in [1.82, 2.24) is 5.32 Å². The van der Waals surface area contributed by atoms with Crippen LogP contribution in [0, 0.1) is 0 Å². The average molecular weight is 987 g/mol. The van der Waals surface area contributed by atoms with Crippen LogP contribution in [0.25, 0.3) is 0 Å². The molecule has 0 aliphatic rings. The summed E-state index contributed by atoms with van der Waals surface area (Å²) in [5.41, 5.74) is 0. The summed E-state index contributed by atoms with van der Waals surface area (Å²) in [6.45, 7) is 4.95. The molecule has 0 fully saturated rings. The molecule has 0 saturated carbocycles. The van der Waals surface area contributed by atoms with Crippen molar-refractivity contribution in [3.63, 3.8) is 0 Å². The molecule has 0 aromatic rings. The molecule has 1 amide bonds. The second-order valence-electron chi connectivity index (χ2n) is 22.4. The second kappa shape index (κ2) is 51.4. The van der Waals surface area contributed by atoms with Crippen molar-refractivity contribution in [3.05, 3.63) is 0 Å². The van der Waals surface area contributed by atoms with E-state index in [1.54, 1.807) is 0 Å². The summed E-state index contributed by atoms with van der Waals surface area (Å²) >= 11 is 0. The van der Waals surface area contributed by atoms with E-state index in [-0.39, 0.29) is 19.1 Å². The first-order valence-electron chi connectivity index (χ1n) is 30.4. The zero-order valence-electron chi connectivity index (χ0n) is 46.6. The van der Waals surface area contributed by atoms with Crippen molar-refractivity contribution in [3.8, 4) is 0 Å². The Balaban J connectivity index is 3.99. The molecular formula is C59H122N2O6P+. The number of rotatable bonds is 57. The number of carbonyl (C=O) groups is 1. The highest BCUT2D eigenvalue weighted by Gasteiger charge is 2.28. The van der Waals surface area contributed by atoms with Gasteiger partial charge < -0.3 is 19.8 Å².